The number of aldehydes is 1. The van der Waals surface area contributed by atoms with Gasteiger partial charge in [-0.15, -0.1) is 0 Å². The number of amides is 1. The first-order chi connectivity index (χ1) is 8.91. The predicted octanol–water partition coefficient (Wildman–Crippen LogP) is -1.43. The summed E-state index contributed by atoms with van der Waals surface area (Å²) < 4.78 is 20.1. The van der Waals surface area contributed by atoms with Crippen molar-refractivity contribution in [2.24, 2.45) is 0 Å². The number of carbonyl (C=O) groups excluding carboxylic acids is 2. The summed E-state index contributed by atoms with van der Waals surface area (Å²) in [5.41, 5.74) is 0. The lowest BCUT2D eigenvalue weighted by Crippen LogP contribution is -2.27. The van der Waals surface area contributed by atoms with Crippen LogP contribution in [-0.4, -0.2) is 59.8 Å². The second-order valence-electron chi connectivity index (χ2n) is 3.49. The lowest BCUT2D eigenvalue weighted by atomic mass is 10.3. The molecule has 0 aliphatic rings. The minimum Gasteiger partial charge on any atom is -0.394 e. The van der Waals surface area contributed by atoms with Gasteiger partial charge >= 0.3 is 7.82 Å². The van der Waals surface area contributed by atoms with Gasteiger partial charge in [-0.2, -0.15) is 0 Å². The SMILES string of the molecule is O=CCCC(=O)NCCOP(=O)(O)OCC(O)CO. The van der Waals surface area contributed by atoms with Crippen LogP contribution in [0.25, 0.3) is 0 Å². The molecule has 10 heteroatoms. The van der Waals surface area contributed by atoms with Gasteiger partial charge in [0, 0.05) is 19.4 Å². The maximum atomic E-state index is 11.2. The number of aliphatic hydroxyl groups excluding tert-OH is 2. The maximum absolute atomic E-state index is 11.2. The summed E-state index contributed by atoms with van der Waals surface area (Å²) in [4.78, 5) is 30.1. The van der Waals surface area contributed by atoms with Gasteiger partial charge in [0.1, 0.15) is 12.4 Å². The molecule has 19 heavy (non-hydrogen) atoms. The van der Waals surface area contributed by atoms with E-state index in [0.29, 0.717) is 6.29 Å². The Hall–Kier alpha value is -0.830. The van der Waals surface area contributed by atoms with E-state index in [0.717, 1.165) is 0 Å². The first kappa shape index (κ1) is 18.2. The van der Waals surface area contributed by atoms with Crippen LogP contribution in [0.15, 0.2) is 0 Å². The van der Waals surface area contributed by atoms with E-state index in [4.69, 9.17) is 15.1 Å². The quantitative estimate of drug-likeness (QED) is 0.206. The molecule has 9 nitrogen and oxygen atoms in total. The fraction of sp³-hybridized carbons (Fsp3) is 0.778. The summed E-state index contributed by atoms with van der Waals surface area (Å²) in [5.74, 6) is -0.375. The van der Waals surface area contributed by atoms with Crippen molar-refractivity contribution in [1.82, 2.24) is 5.32 Å². The molecular formula is C9H18NO8P. The second kappa shape index (κ2) is 10.0. The molecule has 0 aromatic rings. The van der Waals surface area contributed by atoms with Gasteiger partial charge in [0.15, 0.2) is 0 Å². The molecule has 1 amide bonds. The fourth-order valence-electron chi connectivity index (χ4n) is 0.900. The lowest BCUT2D eigenvalue weighted by molar-refractivity contribution is -0.122. The van der Waals surface area contributed by atoms with Gasteiger partial charge in [0.2, 0.25) is 5.91 Å². The van der Waals surface area contributed by atoms with Crippen molar-refractivity contribution in [3.63, 3.8) is 0 Å². The highest BCUT2D eigenvalue weighted by molar-refractivity contribution is 7.47. The third-order valence-electron chi connectivity index (χ3n) is 1.81. The fourth-order valence-corrected chi connectivity index (χ4v) is 1.66. The van der Waals surface area contributed by atoms with Crippen LogP contribution in [0.2, 0.25) is 0 Å². The van der Waals surface area contributed by atoms with E-state index in [-0.39, 0.29) is 31.9 Å². The minimum atomic E-state index is -4.32. The normalized spacial score (nSPS) is 15.5. The number of hydrogen-bond acceptors (Lipinski definition) is 7. The summed E-state index contributed by atoms with van der Waals surface area (Å²) in [6.07, 6.45) is -0.516. The average molecular weight is 299 g/mol. The van der Waals surface area contributed by atoms with Crippen LogP contribution in [0.4, 0.5) is 0 Å². The molecule has 0 radical (unpaired) electrons. The number of rotatable bonds is 11. The third kappa shape index (κ3) is 10.8. The van der Waals surface area contributed by atoms with Crippen LogP contribution in [0.5, 0.6) is 0 Å². The minimum absolute atomic E-state index is 0.0197. The van der Waals surface area contributed by atoms with E-state index in [9.17, 15) is 14.2 Å². The van der Waals surface area contributed by atoms with Gasteiger partial charge in [0.25, 0.3) is 0 Å². The molecule has 2 atom stereocenters. The zero-order valence-corrected chi connectivity index (χ0v) is 11.1. The van der Waals surface area contributed by atoms with Gasteiger partial charge < -0.3 is 25.2 Å². The van der Waals surface area contributed by atoms with E-state index in [1.165, 1.54) is 0 Å². The highest BCUT2D eigenvalue weighted by atomic mass is 31.2. The Morgan fingerprint density at radius 1 is 1.42 bits per heavy atom. The Kier molecular flexibility index (Phi) is 9.58. The van der Waals surface area contributed by atoms with Crippen LogP contribution in [0.1, 0.15) is 12.8 Å². The highest BCUT2D eigenvalue weighted by Crippen LogP contribution is 2.42. The maximum Gasteiger partial charge on any atom is 0.472 e. The average Bonchev–Trinajstić information content (AvgIpc) is 2.38. The lowest BCUT2D eigenvalue weighted by Gasteiger charge is -2.14. The molecule has 0 aliphatic heterocycles. The van der Waals surface area contributed by atoms with Crippen molar-refractivity contribution >= 4 is 20.0 Å². The number of nitrogens with one attached hydrogen (secondary N) is 1. The Morgan fingerprint density at radius 2 is 2.11 bits per heavy atom. The molecule has 0 rings (SSSR count). The molecule has 0 heterocycles. The molecule has 0 aromatic heterocycles. The number of phosphoric acid groups is 1. The van der Waals surface area contributed by atoms with Crippen LogP contribution >= 0.6 is 7.82 Å². The van der Waals surface area contributed by atoms with Crippen molar-refractivity contribution < 1.29 is 38.3 Å². The largest absolute Gasteiger partial charge is 0.472 e. The molecule has 0 spiro atoms. The van der Waals surface area contributed by atoms with Gasteiger partial charge in [0.05, 0.1) is 19.8 Å². The molecule has 2 unspecified atom stereocenters. The molecule has 0 bridgehead atoms. The van der Waals surface area contributed by atoms with Gasteiger partial charge in [-0.25, -0.2) is 4.57 Å². The van der Waals surface area contributed by atoms with Gasteiger partial charge in [-0.05, 0) is 0 Å². The van der Waals surface area contributed by atoms with Crippen molar-refractivity contribution in [3.8, 4) is 0 Å². The van der Waals surface area contributed by atoms with E-state index >= 15 is 0 Å². The Morgan fingerprint density at radius 3 is 2.68 bits per heavy atom. The van der Waals surface area contributed by atoms with Crippen LogP contribution < -0.4 is 5.32 Å². The second-order valence-corrected chi connectivity index (χ2v) is 4.94. The molecule has 4 N–H and O–H groups in total. The summed E-state index contributed by atoms with van der Waals surface area (Å²) >= 11 is 0. The highest BCUT2D eigenvalue weighted by Gasteiger charge is 2.22. The summed E-state index contributed by atoms with van der Waals surface area (Å²) in [7, 11) is -4.32. The van der Waals surface area contributed by atoms with Crippen LogP contribution in [0, 0.1) is 0 Å². The van der Waals surface area contributed by atoms with Crippen molar-refractivity contribution in [2.45, 2.75) is 18.9 Å². The zero-order valence-electron chi connectivity index (χ0n) is 10.2. The van der Waals surface area contributed by atoms with E-state index < -0.39 is 27.1 Å². The van der Waals surface area contributed by atoms with Crippen molar-refractivity contribution in [1.29, 1.82) is 0 Å². The number of carbonyl (C=O) groups is 2. The molecule has 0 saturated heterocycles. The Balaban J connectivity index is 3.71. The number of hydrogen-bond donors (Lipinski definition) is 4. The summed E-state index contributed by atoms with van der Waals surface area (Å²) in [5, 5.41) is 19.7. The first-order valence-corrected chi connectivity index (χ1v) is 7.02. The van der Waals surface area contributed by atoms with Gasteiger partial charge in [-0.1, -0.05) is 0 Å². The molecule has 0 saturated carbocycles. The molecule has 112 valence electrons. The Labute approximate surface area is 110 Å². The zero-order chi connectivity index (χ0) is 14.7. The molecule has 0 aliphatic carbocycles. The van der Waals surface area contributed by atoms with E-state index in [1.54, 1.807) is 0 Å². The van der Waals surface area contributed by atoms with Crippen LogP contribution in [0.3, 0.4) is 0 Å². The monoisotopic (exact) mass is 299 g/mol. The smallest absolute Gasteiger partial charge is 0.394 e. The topological polar surface area (TPSA) is 142 Å². The van der Waals surface area contributed by atoms with Crippen molar-refractivity contribution in [2.75, 3.05) is 26.4 Å². The molecular weight excluding hydrogens is 281 g/mol. The van der Waals surface area contributed by atoms with Crippen molar-refractivity contribution in [3.05, 3.63) is 0 Å². The van der Waals surface area contributed by atoms with E-state index in [2.05, 4.69) is 14.4 Å². The summed E-state index contributed by atoms with van der Waals surface area (Å²) in [6, 6.07) is 0. The number of aliphatic hydroxyl groups is 2. The standard InChI is InChI=1S/C9H18NO8P/c11-4-1-2-9(14)10-3-5-17-19(15,16)18-7-8(13)6-12/h4,8,12-13H,1-3,5-7H2,(H,10,14)(H,15,16). The first-order valence-electron chi connectivity index (χ1n) is 5.52. The van der Waals surface area contributed by atoms with E-state index in [1.807, 2.05) is 0 Å². The van der Waals surface area contributed by atoms with Gasteiger partial charge in [-0.3, -0.25) is 13.8 Å². The third-order valence-corrected chi connectivity index (χ3v) is 2.79. The van der Waals surface area contributed by atoms with Crippen LogP contribution in [-0.2, 0) is 23.2 Å². The Bertz CT molecular complexity index is 323. The molecule has 0 aromatic carbocycles. The summed E-state index contributed by atoms with van der Waals surface area (Å²) in [6.45, 7) is -1.44. The predicted molar refractivity (Wildman–Crippen MR) is 63.1 cm³/mol. The molecule has 0 fully saturated rings. The number of phosphoric ester groups is 1.